The molecule has 0 saturated heterocycles. The summed E-state index contributed by atoms with van der Waals surface area (Å²) in [7, 11) is 0. The third-order valence-corrected chi connectivity index (χ3v) is 3.89. The lowest BCUT2D eigenvalue weighted by molar-refractivity contribution is 0.0251. The molecule has 1 aromatic heterocycles. The van der Waals surface area contributed by atoms with E-state index < -0.39 is 6.10 Å². The Balaban J connectivity index is 1.51. The van der Waals surface area contributed by atoms with Crippen LogP contribution in [0.1, 0.15) is 18.2 Å². The van der Waals surface area contributed by atoms with Crippen LogP contribution < -0.4 is 4.90 Å². The summed E-state index contributed by atoms with van der Waals surface area (Å²) in [5.74, 6) is 0.780. The van der Waals surface area contributed by atoms with Gasteiger partial charge in [-0.15, -0.1) is 0 Å². The minimum absolute atomic E-state index is 0.312. The number of anilines is 1. The molecule has 2 atom stereocenters. The SMILES string of the molecule is C[C@H]1Cc2ccccc2N1C[C@@H](O)COCc1ccco1. The van der Waals surface area contributed by atoms with Gasteiger partial charge in [0.25, 0.3) is 0 Å². The van der Waals surface area contributed by atoms with E-state index in [2.05, 4.69) is 30.0 Å². The predicted molar refractivity (Wildman–Crippen MR) is 81.3 cm³/mol. The number of para-hydroxylation sites is 1. The third-order valence-electron chi connectivity index (χ3n) is 3.89. The van der Waals surface area contributed by atoms with E-state index in [-0.39, 0.29) is 0 Å². The zero-order valence-electron chi connectivity index (χ0n) is 12.2. The number of fused-ring (bicyclic) bond motifs is 1. The molecule has 0 aliphatic carbocycles. The van der Waals surface area contributed by atoms with Crippen LogP contribution in [0, 0.1) is 0 Å². The molecule has 0 radical (unpaired) electrons. The maximum absolute atomic E-state index is 10.2. The number of aliphatic hydroxyl groups is 1. The molecule has 0 spiro atoms. The summed E-state index contributed by atoms with van der Waals surface area (Å²) in [6.45, 7) is 3.50. The van der Waals surface area contributed by atoms with Crippen LogP contribution in [0.2, 0.25) is 0 Å². The highest BCUT2D eigenvalue weighted by Crippen LogP contribution is 2.31. The lowest BCUT2D eigenvalue weighted by Gasteiger charge is -2.27. The first-order valence-electron chi connectivity index (χ1n) is 7.37. The van der Waals surface area contributed by atoms with Crippen molar-refractivity contribution in [3.05, 3.63) is 54.0 Å². The van der Waals surface area contributed by atoms with Gasteiger partial charge in [0, 0.05) is 18.3 Å². The highest BCUT2D eigenvalue weighted by atomic mass is 16.5. The molecule has 0 amide bonds. The number of benzene rings is 1. The molecule has 4 nitrogen and oxygen atoms in total. The smallest absolute Gasteiger partial charge is 0.129 e. The second kappa shape index (κ2) is 6.33. The molecule has 2 heterocycles. The fourth-order valence-electron chi connectivity index (χ4n) is 2.88. The summed E-state index contributed by atoms with van der Waals surface area (Å²) < 4.78 is 10.7. The monoisotopic (exact) mass is 287 g/mol. The summed E-state index contributed by atoms with van der Waals surface area (Å²) in [6.07, 6.45) is 2.15. The third kappa shape index (κ3) is 3.28. The first-order chi connectivity index (χ1) is 10.2. The number of aliphatic hydroxyl groups excluding tert-OH is 1. The summed E-state index contributed by atoms with van der Waals surface area (Å²) in [6, 6.07) is 12.5. The number of rotatable bonds is 6. The first kappa shape index (κ1) is 14.2. The second-order valence-corrected chi connectivity index (χ2v) is 5.58. The standard InChI is InChI=1S/C17H21NO3/c1-13-9-14-5-2-3-7-17(14)18(13)10-15(19)11-20-12-16-6-4-8-21-16/h2-8,13,15,19H,9-12H2,1H3/t13-,15+/m0/s1. The first-order valence-corrected chi connectivity index (χ1v) is 7.37. The van der Waals surface area contributed by atoms with Crippen molar-refractivity contribution in [2.24, 2.45) is 0 Å². The van der Waals surface area contributed by atoms with Gasteiger partial charge in [0.05, 0.1) is 19.0 Å². The van der Waals surface area contributed by atoms with Crippen LogP contribution in [-0.4, -0.2) is 30.4 Å². The van der Waals surface area contributed by atoms with E-state index in [9.17, 15) is 5.11 Å². The van der Waals surface area contributed by atoms with Gasteiger partial charge in [0.15, 0.2) is 0 Å². The molecule has 0 fully saturated rings. The van der Waals surface area contributed by atoms with Gasteiger partial charge in [-0.25, -0.2) is 0 Å². The van der Waals surface area contributed by atoms with E-state index >= 15 is 0 Å². The molecular weight excluding hydrogens is 266 g/mol. The minimum atomic E-state index is -0.506. The summed E-state index contributed by atoms with van der Waals surface area (Å²) >= 11 is 0. The Morgan fingerprint density at radius 2 is 2.19 bits per heavy atom. The van der Waals surface area contributed by atoms with E-state index in [1.54, 1.807) is 6.26 Å². The maximum atomic E-state index is 10.2. The number of furan rings is 1. The summed E-state index contributed by atoms with van der Waals surface area (Å²) in [5, 5.41) is 10.2. The van der Waals surface area contributed by atoms with E-state index in [4.69, 9.17) is 9.15 Å². The molecule has 3 rings (SSSR count). The Kier molecular flexibility index (Phi) is 4.27. The second-order valence-electron chi connectivity index (χ2n) is 5.58. The lowest BCUT2D eigenvalue weighted by Crippen LogP contribution is -2.38. The molecule has 4 heteroatoms. The van der Waals surface area contributed by atoms with Crippen LogP contribution in [0.5, 0.6) is 0 Å². The van der Waals surface area contributed by atoms with Crippen molar-refractivity contribution >= 4 is 5.69 Å². The molecule has 1 aromatic carbocycles. The van der Waals surface area contributed by atoms with Crippen molar-refractivity contribution < 1.29 is 14.3 Å². The van der Waals surface area contributed by atoms with Crippen molar-refractivity contribution in [2.75, 3.05) is 18.1 Å². The van der Waals surface area contributed by atoms with E-state index in [1.165, 1.54) is 11.3 Å². The Hall–Kier alpha value is -1.78. The molecule has 1 aliphatic heterocycles. The van der Waals surface area contributed by atoms with Gasteiger partial charge in [-0.05, 0) is 37.1 Å². The van der Waals surface area contributed by atoms with Gasteiger partial charge in [-0.1, -0.05) is 18.2 Å². The van der Waals surface area contributed by atoms with Crippen LogP contribution in [0.25, 0.3) is 0 Å². The highest BCUT2D eigenvalue weighted by Gasteiger charge is 2.26. The Labute approximate surface area is 124 Å². The number of ether oxygens (including phenoxy) is 1. The molecule has 1 aliphatic rings. The fourth-order valence-corrected chi connectivity index (χ4v) is 2.88. The molecule has 2 aromatic rings. The zero-order chi connectivity index (χ0) is 14.7. The highest BCUT2D eigenvalue weighted by molar-refractivity contribution is 5.59. The van der Waals surface area contributed by atoms with Crippen molar-refractivity contribution in [1.82, 2.24) is 0 Å². The minimum Gasteiger partial charge on any atom is -0.467 e. The van der Waals surface area contributed by atoms with Crippen LogP contribution >= 0.6 is 0 Å². The largest absolute Gasteiger partial charge is 0.467 e. The van der Waals surface area contributed by atoms with Crippen LogP contribution in [0.4, 0.5) is 5.69 Å². The quantitative estimate of drug-likeness (QED) is 0.887. The molecular formula is C17H21NO3. The van der Waals surface area contributed by atoms with Gasteiger partial charge < -0.3 is 19.2 Å². The predicted octanol–water partition coefficient (Wildman–Crippen LogP) is 2.61. The summed E-state index contributed by atoms with van der Waals surface area (Å²) in [5.41, 5.74) is 2.59. The molecule has 21 heavy (non-hydrogen) atoms. The molecule has 1 N–H and O–H groups in total. The average Bonchev–Trinajstić information content (AvgIpc) is 3.08. The Morgan fingerprint density at radius 1 is 1.33 bits per heavy atom. The molecule has 0 unspecified atom stereocenters. The van der Waals surface area contributed by atoms with Gasteiger partial charge in [-0.2, -0.15) is 0 Å². The summed E-state index contributed by atoms with van der Waals surface area (Å²) in [4.78, 5) is 2.26. The van der Waals surface area contributed by atoms with Crippen molar-refractivity contribution in [1.29, 1.82) is 0 Å². The molecule has 0 bridgehead atoms. The van der Waals surface area contributed by atoms with Gasteiger partial charge >= 0.3 is 0 Å². The number of hydrogen-bond donors (Lipinski definition) is 1. The van der Waals surface area contributed by atoms with E-state index in [0.29, 0.717) is 25.8 Å². The Morgan fingerprint density at radius 3 is 3.00 bits per heavy atom. The molecule has 0 saturated carbocycles. The van der Waals surface area contributed by atoms with Crippen molar-refractivity contribution in [2.45, 2.75) is 32.1 Å². The lowest BCUT2D eigenvalue weighted by atomic mass is 10.1. The number of nitrogens with zero attached hydrogens (tertiary/aromatic N) is 1. The maximum Gasteiger partial charge on any atom is 0.129 e. The van der Waals surface area contributed by atoms with Crippen LogP contribution in [0.15, 0.2) is 47.1 Å². The topological polar surface area (TPSA) is 45.8 Å². The van der Waals surface area contributed by atoms with Gasteiger partial charge in [-0.3, -0.25) is 0 Å². The van der Waals surface area contributed by atoms with Gasteiger partial charge in [0.2, 0.25) is 0 Å². The Bertz CT molecular complexity index is 567. The molecule has 112 valence electrons. The number of β-amino-alcohol motifs (C(OH)–C–C–N with tert-alkyl or cyclic N) is 1. The van der Waals surface area contributed by atoms with Crippen LogP contribution in [-0.2, 0) is 17.8 Å². The average molecular weight is 287 g/mol. The van der Waals surface area contributed by atoms with Crippen LogP contribution in [0.3, 0.4) is 0 Å². The van der Waals surface area contributed by atoms with Gasteiger partial charge in [0.1, 0.15) is 12.4 Å². The number of hydrogen-bond acceptors (Lipinski definition) is 4. The fraction of sp³-hybridized carbons (Fsp3) is 0.412. The zero-order valence-corrected chi connectivity index (χ0v) is 12.2. The normalized spacial score (nSPS) is 18.8. The van der Waals surface area contributed by atoms with Crippen molar-refractivity contribution in [3.8, 4) is 0 Å². The van der Waals surface area contributed by atoms with E-state index in [1.807, 2.05) is 18.2 Å². The van der Waals surface area contributed by atoms with Crippen molar-refractivity contribution in [3.63, 3.8) is 0 Å². The van der Waals surface area contributed by atoms with E-state index in [0.717, 1.165) is 12.2 Å².